The van der Waals surface area contributed by atoms with Crippen molar-refractivity contribution in [3.05, 3.63) is 50.1 Å². The van der Waals surface area contributed by atoms with Gasteiger partial charge in [-0.1, -0.05) is 0 Å². The van der Waals surface area contributed by atoms with Gasteiger partial charge in [0.1, 0.15) is 4.90 Å². The largest absolute Gasteiger partial charge is 0.478 e. The van der Waals surface area contributed by atoms with Gasteiger partial charge in [-0.3, -0.25) is 0 Å². The number of carbonyl (C=O) groups is 1. The van der Waals surface area contributed by atoms with Gasteiger partial charge < -0.3 is 5.11 Å². The summed E-state index contributed by atoms with van der Waals surface area (Å²) in [6, 6.07) is 2.69. The van der Waals surface area contributed by atoms with Crippen LogP contribution in [0.1, 0.15) is 15.2 Å². The van der Waals surface area contributed by atoms with E-state index in [0.717, 1.165) is 11.3 Å². The van der Waals surface area contributed by atoms with E-state index in [9.17, 15) is 22.0 Å². The lowest BCUT2D eigenvalue weighted by Crippen LogP contribution is -2.10. The fourth-order valence-electron chi connectivity index (χ4n) is 1.59. The average Bonchev–Trinajstić information content (AvgIpc) is 2.77. The van der Waals surface area contributed by atoms with Crippen LogP contribution in [0, 0.1) is 11.6 Å². The van der Waals surface area contributed by atoms with E-state index < -0.39 is 43.7 Å². The number of hydrogen-bond donors (Lipinski definition) is 1. The Labute approximate surface area is 131 Å². The molecular formula is C12H7BrF2O4S2. The van der Waals surface area contributed by atoms with E-state index in [2.05, 4.69) is 15.9 Å². The number of aromatic carboxylic acids is 1. The Morgan fingerprint density at radius 2 is 2.00 bits per heavy atom. The predicted octanol–water partition coefficient (Wildman–Crippen LogP) is 3.46. The maximum Gasteiger partial charge on any atom is 0.335 e. The van der Waals surface area contributed by atoms with Crippen molar-refractivity contribution >= 4 is 43.1 Å². The summed E-state index contributed by atoms with van der Waals surface area (Å²) in [6.45, 7) is 0. The molecular weight excluding hydrogens is 390 g/mol. The molecule has 0 atom stereocenters. The standard InChI is InChI=1S/C12H7BrF2O4S2/c13-7-1-2-20-9(7)5-21(18,19)10-4-6(12(16)17)3-8(14)11(10)15/h1-4H,5H2,(H,16,17). The third-order valence-electron chi connectivity index (χ3n) is 2.59. The van der Waals surface area contributed by atoms with Crippen LogP contribution in [0.2, 0.25) is 0 Å². The molecule has 0 aliphatic carbocycles. The van der Waals surface area contributed by atoms with Crippen molar-refractivity contribution in [1.82, 2.24) is 0 Å². The molecule has 1 heterocycles. The summed E-state index contributed by atoms with van der Waals surface area (Å²) in [5, 5.41) is 10.4. The van der Waals surface area contributed by atoms with Crippen LogP contribution in [-0.2, 0) is 15.6 Å². The van der Waals surface area contributed by atoms with E-state index in [4.69, 9.17) is 5.11 Å². The molecule has 1 N–H and O–H groups in total. The third kappa shape index (κ3) is 3.30. The molecule has 0 fully saturated rings. The second kappa shape index (κ2) is 5.82. The molecule has 0 radical (unpaired) electrons. The summed E-state index contributed by atoms with van der Waals surface area (Å²) in [7, 11) is -4.21. The summed E-state index contributed by atoms with van der Waals surface area (Å²) in [6.07, 6.45) is 0. The van der Waals surface area contributed by atoms with E-state index in [1.807, 2.05) is 0 Å². The topological polar surface area (TPSA) is 71.4 Å². The Bertz CT molecular complexity index is 815. The summed E-state index contributed by atoms with van der Waals surface area (Å²) >= 11 is 4.28. The Morgan fingerprint density at radius 3 is 2.52 bits per heavy atom. The zero-order chi connectivity index (χ0) is 15.8. The van der Waals surface area contributed by atoms with Crippen LogP contribution in [0.3, 0.4) is 0 Å². The number of halogens is 3. The van der Waals surface area contributed by atoms with Gasteiger partial charge >= 0.3 is 5.97 Å². The Kier molecular flexibility index (Phi) is 4.45. The first-order valence-electron chi connectivity index (χ1n) is 5.39. The van der Waals surface area contributed by atoms with Gasteiger partial charge in [-0.2, -0.15) is 0 Å². The highest BCUT2D eigenvalue weighted by Crippen LogP contribution is 2.29. The first kappa shape index (κ1) is 16.1. The molecule has 0 aliphatic heterocycles. The van der Waals surface area contributed by atoms with Crippen molar-refractivity contribution in [3.63, 3.8) is 0 Å². The van der Waals surface area contributed by atoms with Crippen LogP contribution in [0.25, 0.3) is 0 Å². The lowest BCUT2D eigenvalue weighted by atomic mass is 10.2. The van der Waals surface area contributed by atoms with Crippen molar-refractivity contribution in [2.45, 2.75) is 10.6 Å². The number of hydrogen-bond acceptors (Lipinski definition) is 4. The second-order valence-electron chi connectivity index (χ2n) is 4.03. The van der Waals surface area contributed by atoms with Crippen LogP contribution in [0.5, 0.6) is 0 Å². The van der Waals surface area contributed by atoms with Crippen molar-refractivity contribution in [3.8, 4) is 0 Å². The average molecular weight is 397 g/mol. The zero-order valence-corrected chi connectivity index (χ0v) is 13.4. The predicted molar refractivity (Wildman–Crippen MR) is 76.2 cm³/mol. The van der Waals surface area contributed by atoms with E-state index in [-0.39, 0.29) is 0 Å². The number of sulfone groups is 1. The highest BCUT2D eigenvalue weighted by molar-refractivity contribution is 9.10. The van der Waals surface area contributed by atoms with Gasteiger partial charge in [0.25, 0.3) is 0 Å². The Balaban J connectivity index is 2.54. The molecule has 0 spiro atoms. The number of carboxylic acids is 1. The molecule has 4 nitrogen and oxygen atoms in total. The fraction of sp³-hybridized carbons (Fsp3) is 0.0833. The maximum absolute atomic E-state index is 13.7. The van der Waals surface area contributed by atoms with E-state index in [0.29, 0.717) is 21.5 Å². The molecule has 9 heteroatoms. The molecule has 0 unspecified atom stereocenters. The fourth-order valence-corrected chi connectivity index (χ4v) is 5.13. The van der Waals surface area contributed by atoms with Crippen LogP contribution < -0.4 is 0 Å². The molecule has 1 aromatic heterocycles. The van der Waals surface area contributed by atoms with E-state index in [1.165, 1.54) is 0 Å². The molecule has 2 rings (SSSR count). The monoisotopic (exact) mass is 396 g/mol. The van der Waals surface area contributed by atoms with Crippen LogP contribution >= 0.6 is 27.3 Å². The first-order valence-corrected chi connectivity index (χ1v) is 8.72. The van der Waals surface area contributed by atoms with Crippen LogP contribution in [0.4, 0.5) is 8.78 Å². The molecule has 1 aromatic carbocycles. The van der Waals surface area contributed by atoms with E-state index >= 15 is 0 Å². The summed E-state index contributed by atoms with van der Waals surface area (Å²) in [5.41, 5.74) is -0.627. The minimum absolute atomic E-state index is 0.413. The third-order valence-corrected chi connectivity index (χ3v) is 6.33. The van der Waals surface area contributed by atoms with Gasteiger partial charge in [0.15, 0.2) is 21.5 Å². The quantitative estimate of drug-likeness (QED) is 0.858. The lowest BCUT2D eigenvalue weighted by Gasteiger charge is -2.07. The Morgan fingerprint density at radius 1 is 1.33 bits per heavy atom. The summed E-state index contributed by atoms with van der Waals surface area (Å²) in [5.74, 6) is -5.18. The minimum atomic E-state index is -4.21. The van der Waals surface area contributed by atoms with Gasteiger partial charge in [-0.15, -0.1) is 11.3 Å². The highest BCUT2D eigenvalue weighted by Gasteiger charge is 2.26. The molecule has 112 valence electrons. The van der Waals surface area contributed by atoms with Crippen molar-refractivity contribution < 1.29 is 27.1 Å². The SMILES string of the molecule is O=C(O)c1cc(F)c(F)c(S(=O)(=O)Cc2sccc2Br)c1. The number of benzene rings is 1. The molecule has 0 saturated heterocycles. The second-order valence-corrected chi connectivity index (χ2v) is 7.84. The number of thiophene rings is 1. The number of carboxylic acid groups (broad SMARTS) is 1. The molecule has 0 aliphatic rings. The number of rotatable bonds is 4. The van der Waals surface area contributed by atoms with Crippen molar-refractivity contribution in [2.75, 3.05) is 0 Å². The molecule has 0 amide bonds. The van der Waals surface area contributed by atoms with Gasteiger partial charge in [-0.25, -0.2) is 22.0 Å². The van der Waals surface area contributed by atoms with Crippen molar-refractivity contribution in [2.24, 2.45) is 0 Å². The van der Waals surface area contributed by atoms with Gasteiger partial charge in [-0.05, 0) is 39.5 Å². The minimum Gasteiger partial charge on any atom is -0.478 e. The first-order chi connectivity index (χ1) is 9.72. The molecule has 2 aromatic rings. The van der Waals surface area contributed by atoms with E-state index in [1.54, 1.807) is 11.4 Å². The lowest BCUT2D eigenvalue weighted by molar-refractivity contribution is 0.0696. The smallest absolute Gasteiger partial charge is 0.335 e. The molecule has 21 heavy (non-hydrogen) atoms. The summed E-state index contributed by atoms with van der Waals surface area (Å²) < 4.78 is 52.0. The zero-order valence-electron chi connectivity index (χ0n) is 10.1. The highest BCUT2D eigenvalue weighted by atomic mass is 79.9. The summed E-state index contributed by atoms with van der Waals surface area (Å²) in [4.78, 5) is 10.3. The normalized spacial score (nSPS) is 11.6. The molecule has 0 bridgehead atoms. The maximum atomic E-state index is 13.7. The van der Waals surface area contributed by atoms with Crippen LogP contribution in [0.15, 0.2) is 32.9 Å². The van der Waals surface area contributed by atoms with Crippen LogP contribution in [-0.4, -0.2) is 19.5 Å². The van der Waals surface area contributed by atoms with Gasteiger partial charge in [0.05, 0.1) is 11.3 Å². The van der Waals surface area contributed by atoms with Gasteiger partial charge in [0.2, 0.25) is 0 Å². The van der Waals surface area contributed by atoms with Crippen molar-refractivity contribution in [1.29, 1.82) is 0 Å². The van der Waals surface area contributed by atoms with Gasteiger partial charge in [0, 0.05) is 9.35 Å². The molecule has 0 saturated carbocycles. The Hall–Kier alpha value is -1.32.